The third kappa shape index (κ3) is 13.7. The summed E-state index contributed by atoms with van der Waals surface area (Å²) in [5.41, 5.74) is 6.21. The minimum Gasteiger partial charge on any atom is -0.496 e. The van der Waals surface area contributed by atoms with Crippen molar-refractivity contribution in [2.45, 2.75) is 128 Å². The number of pyridine rings is 1. The number of aliphatic hydroxyl groups excluding tert-OH is 1. The average Bonchev–Trinajstić information content (AvgIpc) is 3.21. The molecular formula is C67H75N11O9S2. The van der Waals surface area contributed by atoms with Gasteiger partial charge < -0.3 is 35.2 Å². The number of ether oxygens (including phenoxy) is 1. The fourth-order valence-electron chi connectivity index (χ4n) is 12.7. The summed E-state index contributed by atoms with van der Waals surface area (Å²) < 4.78 is 39.3. The quantitative estimate of drug-likeness (QED) is 0.0538. The molecule has 5 amide bonds. The van der Waals surface area contributed by atoms with Crippen LogP contribution in [0.1, 0.15) is 121 Å². The van der Waals surface area contributed by atoms with E-state index in [1.54, 1.807) is 48.7 Å². The van der Waals surface area contributed by atoms with Gasteiger partial charge in [0.15, 0.2) is 5.13 Å². The van der Waals surface area contributed by atoms with E-state index in [-0.39, 0.29) is 41.9 Å². The summed E-state index contributed by atoms with van der Waals surface area (Å²) in [4.78, 5) is 85.6. The largest absolute Gasteiger partial charge is 0.496 e. The van der Waals surface area contributed by atoms with Crippen molar-refractivity contribution in [2.24, 2.45) is 17.3 Å². The van der Waals surface area contributed by atoms with E-state index in [1.807, 2.05) is 79.7 Å². The van der Waals surface area contributed by atoms with Crippen LogP contribution in [0, 0.1) is 36.5 Å². The minimum atomic E-state index is -4.46. The van der Waals surface area contributed by atoms with Crippen LogP contribution in [-0.4, -0.2) is 119 Å². The fraction of sp³-hybridized carbons (Fsp3) is 0.403. The second-order valence-corrected chi connectivity index (χ2v) is 27.4. The van der Waals surface area contributed by atoms with Gasteiger partial charge in [0.2, 0.25) is 17.7 Å². The van der Waals surface area contributed by atoms with Crippen molar-refractivity contribution in [1.82, 2.24) is 40.0 Å². The highest BCUT2D eigenvalue weighted by Crippen LogP contribution is 2.35. The van der Waals surface area contributed by atoms with Crippen LogP contribution in [0.15, 0.2) is 108 Å². The van der Waals surface area contributed by atoms with Crippen molar-refractivity contribution in [1.29, 1.82) is 0 Å². The molecule has 1 aliphatic carbocycles. The molecule has 5 N–H and O–H groups in total. The zero-order valence-electron chi connectivity index (χ0n) is 50.8. The molecule has 3 aromatic heterocycles. The number of benzene rings is 4. The van der Waals surface area contributed by atoms with E-state index in [1.165, 1.54) is 54.7 Å². The molecule has 3 aliphatic heterocycles. The van der Waals surface area contributed by atoms with Crippen LogP contribution in [0.3, 0.4) is 0 Å². The zero-order chi connectivity index (χ0) is 62.7. The van der Waals surface area contributed by atoms with Gasteiger partial charge in [0.05, 0.1) is 34.5 Å². The predicted octanol–water partition coefficient (Wildman–Crippen LogP) is 8.39. The molecular weight excluding hydrogens is 1170 g/mol. The van der Waals surface area contributed by atoms with Crippen molar-refractivity contribution in [3.8, 4) is 29.2 Å². The number of β-amino-alcohol motifs (C(OH)–C–C–N with tert-alkyl or cyclic N) is 1. The molecule has 4 aromatic carbocycles. The van der Waals surface area contributed by atoms with Gasteiger partial charge in [-0.3, -0.25) is 34.0 Å². The van der Waals surface area contributed by atoms with Crippen molar-refractivity contribution in [2.75, 3.05) is 48.4 Å². The van der Waals surface area contributed by atoms with Gasteiger partial charge in [0, 0.05) is 97.4 Å². The highest BCUT2D eigenvalue weighted by atomic mass is 32.2. The fourth-order valence-corrected chi connectivity index (χ4v) is 14.5. The summed E-state index contributed by atoms with van der Waals surface area (Å²) in [6.07, 6.45) is 13.6. The number of thiazole rings is 1. The lowest BCUT2D eigenvalue weighted by Gasteiger charge is -2.37. The number of nitrogens with one attached hydrogen (secondary N) is 4. The number of rotatable bonds is 17. The molecule has 11 rings (SSSR count). The SMILES string of the molecule is C#Cc1ccc(CNC(=O)[C@@H]2C[C@@H](O)CN2C(=O)[C@@H](NC(=O)C2CCN(c3ccc(S(=O)(=O)NC(=O)c4nc(N5CCc6cccc(C(=O)Nc7nc8ccccc8s7)c6C5)ccc4-c4cnn(CC5CCCCC5)c4C)cc3)CC2)C(C)(C)C)c(OC)c1. The van der Waals surface area contributed by atoms with E-state index >= 15 is 0 Å². The van der Waals surface area contributed by atoms with Gasteiger partial charge in [-0.1, -0.05) is 87.6 Å². The maximum absolute atomic E-state index is 14.7. The van der Waals surface area contributed by atoms with Gasteiger partial charge in [0.25, 0.3) is 21.8 Å². The molecule has 2 saturated heterocycles. The molecule has 7 aromatic rings. The van der Waals surface area contributed by atoms with Gasteiger partial charge in [0.1, 0.15) is 29.3 Å². The normalized spacial score (nSPS) is 17.8. The molecule has 0 spiro atoms. The van der Waals surface area contributed by atoms with Crippen molar-refractivity contribution in [3.05, 3.63) is 142 Å². The number of hydrogen-bond acceptors (Lipinski definition) is 15. The number of methoxy groups -OCH3 is 1. The average molecular weight is 1240 g/mol. The first kappa shape index (κ1) is 62.0. The van der Waals surface area contributed by atoms with Gasteiger partial charge in [-0.15, -0.1) is 6.42 Å². The number of likely N-dealkylation sites (tertiary alicyclic amines) is 1. The lowest BCUT2D eigenvalue weighted by Crippen LogP contribution is -2.58. The molecule has 0 bridgehead atoms. The predicted molar refractivity (Wildman–Crippen MR) is 342 cm³/mol. The molecule has 4 aliphatic rings. The summed E-state index contributed by atoms with van der Waals surface area (Å²) in [6, 6.07) is 26.4. The number of nitrogens with zero attached hydrogens (tertiary/aromatic N) is 7. The first-order chi connectivity index (χ1) is 42.7. The van der Waals surface area contributed by atoms with Crippen LogP contribution < -0.4 is 35.2 Å². The second kappa shape index (κ2) is 26.2. The molecule has 1 saturated carbocycles. The number of fused-ring (bicyclic) bond motifs is 2. The van der Waals surface area contributed by atoms with E-state index < -0.39 is 57.3 Å². The maximum atomic E-state index is 14.7. The Labute approximate surface area is 522 Å². The number of carbonyl (C=O) groups is 5. The third-order valence-electron chi connectivity index (χ3n) is 17.8. The van der Waals surface area contributed by atoms with Crippen molar-refractivity contribution in [3.63, 3.8) is 0 Å². The summed E-state index contributed by atoms with van der Waals surface area (Å²) in [5, 5.41) is 24.9. The van der Waals surface area contributed by atoms with Gasteiger partial charge in [-0.05, 0) is 128 Å². The smallest absolute Gasteiger partial charge is 0.284 e. The van der Waals surface area contributed by atoms with E-state index in [0.29, 0.717) is 95.9 Å². The van der Waals surface area contributed by atoms with E-state index in [9.17, 15) is 37.5 Å². The summed E-state index contributed by atoms with van der Waals surface area (Å²) in [6.45, 7) is 9.96. The van der Waals surface area contributed by atoms with E-state index in [0.717, 1.165) is 52.1 Å². The van der Waals surface area contributed by atoms with E-state index in [4.69, 9.17) is 21.2 Å². The van der Waals surface area contributed by atoms with E-state index in [2.05, 4.69) is 36.5 Å². The molecule has 20 nitrogen and oxygen atoms in total. The molecule has 3 fully saturated rings. The molecule has 6 heterocycles. The van der Waals surface area contributed by atoms with Crippen LogP contribution in [0.2, 0.25) is 0 Å². The van der Waals surface area contributed by atoms with Crippen LogP contribution in [0.25, 0.3) is 21.3 Å². The van der Waals surface area contributed by atoms with Crippen LogP contribution in [0.5, 0.6) is 5.75 Å². The van der Waals surface area contributed by atoms with Gasteiger partial charge >= 0.3 is 0 Å². The summed E-state index contributed by atoms with van der Waals surface area (Å²) in [7, 11) is -2.96. The number of anilines is 3. The van der Waals surface area contributed by atoms with Crippen LogP contribution >= 0.6 is 11.3 Å². The van der Waals surface area contributed by atoms with Crippen molar-refractivity contribution >= 4 is 77.7 Å². The molecule has 3 atom stereocenters. The number of terminal acetylenes is 1. The highest BCUT2D eigenvalue weighted by molar-refractivity contribution is 7.90. The first-order valence-electron chi connectivity index (χ1n) is 30.4. The molecule has 22 heteroatoms. The number of amides is 5. The topological polar surface area (TPSA) is 250 Å². The molecule has 464 valence electrons. The lowest BCUT2D eigenvalue weighted by atomic mass is 9.84. The second-order valence-electron chi connectivity index (χ2n) is 24.7. The third-order valence-corrected chi connectivity index (χ3v) is 20.1. The Morgan fingerprint density at radius 1 is 0.854 bits per heavy atom. The highest BCUT2D eigenvalue weighted by Gasteiger charge is 2.45. The number of aromatic nitrogens is 4. The lowest BCUT2D eigenvalue weighted by molar-refractivity contribution is -0.144. The Morgan fingerprint density at radius 2 is 1.62 bits per heavy atom. The van der Waals surface area contributed by atoms with Crippen LogP contribution in [-0.2, 0) is 50.5 Å². The number of para-hydroxylation sites is 1. The van der Waals surface area contributed by atoms with Crippen molar-refractivity contribution < 1.29 is 42.2 Å². The maximum Gasteiger partial charge on any atom is 0.284 e. The Balaban J connectivity index is 0.755. The Hall–Kier alpha value is -8.65. The number of carbonyl (C=O) groups excluding carboxylic acids is 5. The number of hydrogen-bond donors (Lipinski definition) is 5. The minimum absolute atomic E-state index is 0.0337. The Morgan fingerprint density at radius 3 is 2.35 bits per heavy atom. The Bertz CT molecular complexity index is 3950. The Kier molecular flexibility index (Phi) is 18.2. The number of sulfonamides is 1. The molecule has 0 unspecified atom stereocenters. The van der Waals surface area contributed by atoms with Gasteiger partial charge in [-0.2, -0.15) is 5.10 Å². The molecule has 0 radical (unpaired) electrons. The summed E-state index contributed by atoms with van der Waals surface area (Å²) >= 11 is 1.40. The summed E-state index contributed by atoms with van der Waals surface area (Å²) in [5.74, 6) is 1.10. The first-order valence-corrected chi connectivity index (χ1v) is 32.7. The monoisotopic (exact) mass is 1240 g/mol. The zero-order valence-corrected chi connectivity index (χ0v) is 52.4. The number of aliphatic hydroxyl groups is 1. The van der Waals surface area contributed by atoms with Gasteiger partial charge in [-0.25, -0.2) is 23.1 Å². The molecule has 89 heavy (non-hydrogen) atoms. The van der Waals surface area contributed by atoms with Crippen LogP contribution in [0.4, 0.5) is 16.6 Å². The number of piperidine rings is 1. The standard InChI is InChI=1S/C67H75N11O9S2/c1-7-42-20-21-46(56(34-42)87-6)36-68-63(82)55-35-48(79)39-77(55)65(84)60(67(3,4)5)72-61(80)45-29-31-75(32-30-45)47-22-24-49(25-23-47)89(85,86)74-64(83)59-50(52-37-69-78(41(52)2)38-43-14-9-8-10-15-43)26-27-58(71-59)76-33-28-44-16-13-17-51(53(44)40-76)62(81)73-66-70-54-18-11-12-19-57(54)88-66/h1,11-13,16-27,34,37,43,45,48,55,60,79H,8-10,14-15,28-33,35-36,38-40H2,2-6H3,(H,68,82)(H,72,80)(H,74,83)(H,70,73,81)/t48-,55+,60-/m1/s1.